The number of fused-ring (bicyclic) bond motifs is 1. The lowest BCUT2D eigenvalue weighted by molar-refractivity contribution is -0.137. The molecule has 2 unspecified atom stereocenters. The molecule has 41 heavy (non-hydrogen) atoms. The smallest absolute Gasteiger partial charge is 0.332 e. The van der Waals surface area contributed by atoms with E-state index < -0.39 is 45.0 Å². The molecule has 1 aliphatic rings. The van der Waals surface area contributed by atoms with E-state index in [1.807, 2.05) is 42.7 Å². The summed E-state index contributed by atoms with van der Waals surface area (Å²) < 4.78 is 40.0. The summed E-state index contributed by atoms with van der Waals surface area (Å²) >= 11 is 2.80. The van der Waals surface area contributed by atoms with Gasteiger partial charge in [0, 0.05) is 29.7 Å². The summed E-state index contributed by atoms with van der Waals surface area (Å²) in [6.45, 7) is 0.761. The zero-order chi connectivity index (χ0) is 29.7. The lowest BCUT2D eigenvalue weighted by Gasteiger charge is -2.20. The molecule has 0 bridgehead atoms. The van der Waals surface area contributed by atoms with Crippen LogP contribution in [0.25, 0.3) is 0 Å². The molecule has 2 heterocycles. The maximum Gasteiger partial charge on any atom is 0.332 e. The number of carbonyl (C=O) groups is 1. The molecule has 0 radical (unpaired) electrons. The van der Waals surface area contributed by atoms with Crippen LogP contribution >= 0.6 is 23.5 Å². The number of aliphatic carboxylic acids is 1. The molecule has 11 nitrogen and oxygen atoms in total. The molecule has 0 fully saturated rings. The van der Waals surface area contributed by atoms with Crippen LogP contribution in [0.15, 0.2) is 68.0 Å². The van der Waals surface area contributed by atoms with Gasteiger partial charge < -0.3 is 14.6 Å². The van der Waals surface area contributed by atoms with Crippen LogP contribution in [0.5, 0.6) is 5.75 Å². The summed E-state index contributed by atoms with van der Waals surface area (Å²) in [4.78, 5) is 40.0. The van der Waals surface area contributed by atoms with Gasteiger partial charge in [0.15, 0.2) is 6.79 Å². The lowest BCUT2D eigenvalue weighted by atomic mass is 9.93. The van der Waals surface area contributed by atoms with Crippen LogP contribution in [0.3, 0.4) is 0 Å². The number of carboxylic acids is 1. The van der Waals surface area contributed by atoms with Crippen LogP contribution in [0.1, 0.15) is 34.8 Å². The van der Waals surface area contributed by atoms with Crippen molar-refractivity contribution in [3.8, 4) is 5.75 Å². The summed E-state index contributed by atoms with van der Waals surface area (Å²) in [5.41, 5.74) is 0.344. The maximum absolute atomic E-state index is 13.8. The van der Waals surface area contributed by atoms with Gasteiger partial charge in [0.1, 0.15) is 12.3 Å². The highest BCUT2D eigenvalue weighted by atomic mass is 32.2. The van der Waals surface area contributed by atoms with Crippen LogP contribution in [-0.2, 0) is 32.6 Å². The van der Waals surface area contributed by atoms with Gasteiger partial charge >= 0.3 is 11.7 Å². The van der Waals surface area contributed by atoms with Crippen molar-refractivity contribution in [3.05, 3.63) is 86.1 Å². The molecule has 0 aliphatic carbocycles. The predicted octanol–water partition coefficient (Wildman–Crippen LogP) is 2.72. The van der Waals surface area contributed by atoms with E-state index in [4.69, 9.17) is 9.47 Å². The average Bonchev–Trinajstić information content (AvgIpc) is 3.35. The van der Waals surface area contributed by atoms with Gasteiger partial charge in [-0.15, -0.1) is 11.8 Å². The molecule has 220 valence electrons. The second kappa shape index (κ2) is 13.3. The van der Waals surface area contributed by atoms with Crippen molar-refractivity contribution in [2.45, 2.75) is 41.1 Å². The number of nitrogens with zero attached hydrogens (tertiary/aromatic N) is 2. The van der Waals surface area contributed by atoms with Crippen molar-refractivity contribution in [3.63, 3.8) is 0 Å². The third kappa shape index (κ3) is 6.89. The van der Waals surface area contributed by atoms with E-state index in [-0.39, 0.29) is 31.2 Å². The number of hydrogen-bond donors (Lipinski definition) is 2. The van der Waals surface area contributed by atoms with E-state index in [2.05, 4.69) is 4.72 Å². The summed E-state index contributed by atoms with van der Waals surface area (Å²) in [6.07, 6.45) is 1.91. The van der Waals surface area contributed by atoms with E-state index >= 15 is 0 Å². The number of hydrogen-bond acceptors (Lipinski definition) is 9. The van der Waals surface area contributed by atoms with Gasteiger partial charge in [0.2, 0.25) is 10.0 Å². The third-order valence-electron chi connectivity index (χ3n) is 6.66. The van der Waals surface area contributed by atoms with Crippen molar-refractivity contribution in [2.24, 2.45) is 0 Å². The number of carboxylic acid groups (broad SMARTS) is 1. The van der Waals surface area contributed by atoms with Gasteiger partial charge in [-0.3, -0.25) is 14.2 Å². The minimum Gasteiger partial charge on any atom is -0.480 e. The van der Waals surface area contributed by atoms with Crippen molar-refractivity contribution >= 4 is 39.5 Å². The molecule has 0 spiro atoms. The first-order chi connectivity index (χ1) is 19.6. The molecule has 0 amide bonds. The van der Waals surface area contributed by atoms with Crippen LogP contribution in [-0.4, -0.2) is 61.1 Å². The zero-order valence-corrected chi connectivity index (χ0v) is 25.2. The Morgan fingerprint density at radius 1 is 1.12 bits per heavy atom. The quantitative estimate of drug-likeness (QED) is 0.166. The topological polar surface area (TPSA) is 146 Å². The predicted molar refractivity (Wildman–Crippen MR) is 158 cm³/mol. The summed E-state index contributed by atoms with van der Waals surface area (Å²) in [5, 5.41) is 9.47. The highest BCUT2D eigenvalue weighted by Crippen LogP contribution is 2.53. The molecule has 0 saturated carbocycles. The molecule has 2 N–H and O–H groups in total. The molecule has 1 aliphatic heterocycles. The van der Waals surface area contributed by atoms with E-state index in [0.29, 0.717) is 10.8 Å². The Bertz CT molecular complexity index is 1630. The molecule has 1 aromatic heterocycles. The SMILES string of the molecule is CCS(=O)(=O)NCC1c2c(n(Cc3ccccc3SC)c(=O)n(CC(=O)O)c2=O)SC1c1ccc(OCOC)cc1. The molecular formula is C27H31N3O8S3. The highest BCUT2D eigenvalue weighted by molar-refractivity contribution is 8.00. The van der Waals surface area contributed by atoms with Crippen LogP contribution in [0, 0.1) is 0 Å². The Labute approximate surface area is 245 Å². The van der Waals surface area contributed by atoms with Gasteiger partial charge in [-0.2, -0.15) is 0 Å². The zero-order valence-electron chi connectivity index (χ0n) is 22.7. The minimum atomic E-state index is -3.62. The Kier molecular flexibility index (Phi) is 10.0. The number of methoxy groups -OCH3 is 1. The Morgan fingerprint density at radius 2 is 1.83 bits per heavy atom. The Balaban J connectivity index is 1.89. The second-order valence-corrected chi connectivity index (χ2v) is 13.3. The molecule has 2 atom stereocenters. The normalized spacial score (nSPS) is 16.5. The molecule has 2 aromatic carbocycles. The summed E-state index contributed by atoms with van der Waals surface area (Å²) in [7, 11) is -2.11. The van der Waals surface area contributed by atoms with Gasteiger partial charge in [-0.25, -0.2) is 22.5 Å². The van der Waals surface area contributed by atoms with Gasteiger partial charge in [0.25, 0.3) is 5.56 Å². The van der Waals surface area contributed by atoms with Gasteiger partial charge in [0.05, 0.1) is 22.9 Å². The number of rotatable bonds is 13. The van der Waals surface area contributed by atoms with Crippen LogP contribution in [0.2, 0.25) is 0 Å². The largest absolute Gasteiger partial charge is 0.480 e. The molecule has 3 aromatic rings. The number of benzene rings is 2. The van der Waals surface area contributed by atoms with E-state index in [0.717, 1.165) is 20.6 Å². The standard InChI is InChI=1S/C27H31N3O8S3/c1-4-41(35,36)28-13-20-23-25(33)29(15-22(31)32)27(34)30(14-18-7-5-6-8-21(18)39-3)26(23)40-24(20)17-9-11-19(12-10-17)38-16-37-2/h5-12,20,24,28H,4,13-16H2,1-3H3,(H,31,32). The summed E-state index contributed by atoms with van der Waals surface area (Å²) in [6, 6.07) is 14.7. The van der Waals surface area contributed by atoms with Crippen LogP contribution < -0.4 is 20.7 Å². The van der Waals surface area contributed by atoms with Crippen molar-refractivity contribution in [2.75, 3.05) is 32.5 Å². The maximum atomic E-state index is 13.8. The van der Waals surface area contributed by atoms with Gasteiger partial charge in [-0.05, 0) is 42.5 Å². The molecule has 4 rings (SSSR count). The van der Waals surface area contributed by atoms with E-state index in [1.54, 1.807) is 12.1 Å². The molecule has 0 saturated heterocycles. The number of nitrogens with one attached hydrogen (secondary N) is 1. The Hall–Kier alpha value is -3.04. The third-order valence-corrected chi connectivity index (χ3v) is 10.4. The number of ether oxygens (including phenoxy) is 2. The average molecular weight is 622 g/mol. The number of aromatic nitrogens is 2. The first-order valence-electron chi connectivity index (χ1n) is 12.7. The minimum absolute atomic E-state index is 0.0668. The highest BCUT2D eigenvalue weighted by Gasteiger charge is 2.40. The number of thioether (sulfide) groups is 2. The first-order valence-corrected chi connectivity index (χ1v) is 16.4. The monoisotopic (exact) mass is 621 g/mol. The Morgan fingerprint density at radius 3 is 2.46 bits per heavy atom. The van der Waals surface area contributed by atoms with Crippen LogP contribution in [0.4, 0.5) is 0 Å². The molecular weight excluding hydrogens is 591 g/mol. The van der Waals surface area contributed by atoms with Crippen molar-refractivity contribution in [1.29, 1.82) is 0 Å². The fourth-order valence-corrected chi connectivity index (χ4v) is 7.44. The fourth-order valence-electron chi connectivity index (χ4n) is 4.63. The van der Waals surface area contributed by atoms with Crippen molar-refractivity contribution in [1.82, 2.24) is 13.9 Å². The van der Waals surface area contributed by atoms with Gasteiger partial charge in [-0.1, -0.05) is 42.1 Å². The first kappa shape index (κ1) is 30.9. The van der Waals surface area contributed by atoms with Crippen molar-refractivity contribution < 1.29 is 27.8 Å². The summed E-state index contributed by atoms with van der Waals surface area (Å²) in [5.74, 6) is -1.60. The van der Waals surface area contributed by atoms with E-state index in [9.17, 15) is 27.9 Å². The fraction of sp³-hybridized carbons (Fsp3) is 0.370. The number of sulfonamides is 1. The second-order valence-electron chi connectivity index (χ2n) is 9.20. The molecule has 14 heteroatoms. The van der Waals surface area contributed by atoms with E-state index in [1.165, 1.54) is 42.1 Å². The lowest BCUT2D eigenvalue weighted by Crippen LogP contribution is -2.44.